The molecule has 0 saturated heterocycles. The summed E-state index contributed by atoms with van der Waals surface area (Å²) >= 11 is 9.07. The molecule has 0 spiro atoms. The van der Waals surface area contributed by atoms with Gasteiger partial charge in [0.2, 0.25) is 4.73 Å². The van der Waals surface area contributed by atoms with Gasteiger partial charge >= 0.3 is 11.7 Å². The Kier molecular flexibility index (Phi) is 5.42. The van der Waals surface area contributed by atoms with Gasteiger partial charge in [0.25, 0.3) is 0 Å². The van der Waals surface area contributed by atoms with Crippen LogP contribution in [0.2, 0.25) is 5.02 Å². The molecule has 0 fully saturated rings. The molecule has 0 radical (unpaired) electrons. The number of carboxylic acids is 1. The maximum atomic E-state index is 12.5. The van der Waals surface area contributed by atoms with Crippen molar-refractivity contribution in [3.05, 3.63) is 50.1 Å². The summed E-state index contributed by atoms with van der Waals surface area (Å²) in [7, 11) is 0. The van der Waals surface area contributed by atoms with Gasteiger partial charge in [0.15, 0.2) is 0 Å². The van der Waals surface area contributed by atoms with Crippen LogP contribution in [0.4, 0.5) is 0 Å². The maximum Gasteiger partial charge on any atom is 0.347 e. The highest BCUT2D eigenvalue weighted by molar-refractivity contribution is 9.10. The summed E-state index contributed by atoms with van der Waals surface area (Å²) in [6.07, 6.45) is 0.402. The standard InChI is InChI=1S/C14H15BrClN3O3/c1-2-11(7-12(20)21)19-13(15)17-18(14(19)22)8-9-3-5-10(16)6-4-9/h3-6,11H,2,7-8H2,1H3,(H,20,21). The number of hydrogen-bond donors (Lipinski definition) is 1. The van der Waals surface area contributed by atoms with E-state index in [1.807, 2.05) is 19.1 Å². The quantitative estimate of drug-likeness (QED) is 0.825. The lowest BCUT2D eigenvalue weighted by Crippen LogP contribution is -2.29. The molecule has 2 rings (SSSR count). The van der Waals surface area contributed by atoms with E-state index >= 15 is 0 Å². The van der Waals surface area contributed by atoms with E-state index in [1.54, 1.807) is 12.1 Å². The van der Waals surface area contributed by atoms with Crippen LogP contribution in [0.5, 0.6) is 0 Å². The van der Waals surface area contributed by atoms with Crippen LogP contribution < -0.4 is 5.69 Å². The fraction of sp³-hybridized carbons (Fsp3) is 0.357. The average molecular weight is 389 g/mol. The largest absolute Gasteiger partial charge is 0.481 e. The van der Waals surface area contributed by atoms with Crippen LogP contribution in [-0.2, 0) is 11.3 Å². The van der Waals surface area contributed by atoms with Crippen molar-refractivity contribution in [2.75, 3.05) is 0 Å². The minimum absolute atomic E-state index is 0.123. The average Bonchev–Trinajstić information content (AvgIpc) is 2.73. The molecule has 0 aliphatic rings. The summed E-state index contributed by atoms with van der Waals surface area (Å²) in [5, 5.41) is 13.7. The van der Waals surface area contributed by atoms with Gasteiger partial charge in [-0.1, -0.05) is 30.7 Å². The Morgan fingerprint density at radius 2 is 2.05 bits per heavy atom. The van der Waals surface area contributed by atoms with Gasteiger partial charge in [0, 0.05) is 5.02 Å². The van der Waals surface area contributed by atoms with E-state index < -0.39 is 12.0 Å². The number of rotatable bonds is 6. The number of benzene rings is 1. The fourth-order valence-corrected chi connectivity index (χ4v) is 2.94. The molecule has 0 bridgehead atoms. The van der Waals surface area contributed by atoms with Crippen molar-refractivity contribution in [2.24, 2.45) is 0 Å². The summed E-state index contributed by atoms with van der Waals surface area (Å²) in [6, 6.07) is 6.69. The predicted molar refractivity (Wildman–Crippen MR) is 86.3 cm³/mol. The van der Waals surface area contributed by atoms with E-state index in [2.05, 4.69) is 21.0 Å². The molecule has 0 saturated carbocycles. The van der Waals surface area contributed by atoms with Gasteiger partial charge in [-0.2, -0.15) is 0 Å². The van der Waals surface area contributed by atoms with Crippen molar-refractivity contribution in [1.29, 1.82) is 0 Å². The van der Waals surface area contributed by atoms with Crippen molar-refractivity contribution in [2.45, 2.75) is 32.4 Å². The molecule has 1 atom stereocenters. The zero-order chi connectivity index (χ0) is 16.3. The topological polar surface area (TPSA) is 77.1 Å². The molecule has 1 N–H and O–H groups in total. The van der Waals surface area contributed by atoms with Gasteiger partial charge in [-0.15, -0.1) is 5.10 Å². The van der Waals surface area contributed by atoms with Gasteiger partial charge in [-0.3, -0.25) is 9.36 Å². The first-order valence-corrected chi connectivity index (χ1v) is 7.90. The van der Waals surface area contributed by atoms with Crippen molar-refractivity contribution in [3.8, 4) is 0 Å². The minimum Gasteiger partial charge on any atom is -0.481 e. The van der Waals surface area contributed by atoms with E-state index in [-0.39, 0.29) is 12.1 Å². The third-order valence-corrected chi connectivity index (χ3v) is 4.11. The maximum absolute atomic E-state index is 12.5. The van der Waals surface area contributed by atoms with Gasteiger partial charge in [-0.25, -0.2) is 9.48 Å². The third kappa shape index (κ3) is 3.78. The van der Waals surface area contributed by atoms with Crippen LogP contribution in [-0.4, -0.2) is 25.4 Å². The van der Waals surface area contributed by atoms with Gasteiger partial charge in [0.05, 0.1) is 19.0 Å². The van der Waals surface area contributed by atoms with E-state index in [9.17, 15) is 9.59 Å². The van der Waals surface area contributed by atoms with E-state index in [0.717, 1.165) is 5.56 Å². The van der Waals surface area contributed by atoms with Gasteiger partial charge < -0.3 is 5.11 Å². The Hall–Kier alpha value is -1.60. The van der Waals surface area contributed by atoms with Crippen molar-refractivity contribution in [3.63, 3.8) is 0 Å². The monoisotopic (exact) mass is 387 g/mol. The molecule has 1 unspecified atom stereocenters. The molecule has 6 nitrogen and oxygen atoms in total. The Morgan fingerprint density at radius 3 is 2.59 bits per heavy atom. The molecule has 2 aromatic rings. The van der Waals surface area contributed by atoms with Crippen LogP contribution in [0.3, 0.4) is 0 Å². The molecule has 8 heteroatoms. The Bertz CT molecular complexity index is 724. The molecule has 22 heavy (non-hydrogen) atoms. The summed E-state index contributed by atoms with van der Waals surface area (Å²) < 4.78 is 3.02. The number of nitrogens with zero attached hydrogens (tertiary/aromatic N) is 3. The van der Waals surface area contributed by atoms with E-state index in [4.69, 9.17) is 16.7 Å². The Morgan fingerprint density at radius 1 is 1.41 bits per heavy atom. The zero-order valence-electron chi connectivity index (χ0n) is 11.9. The van der Waals surface area contributed by atoms with Crippen molar-refractivity contribution < 1.29 is 9.90 Å². The van der Waals surface area contributed by atoms with E-state index in [1.165, 1.54) is 9.25 Å². The molecular formula is C14H15BrClN3O3. The highest BCUT2D eigenvalue weighted by Crippen LogP contribution is 2.19. The number of carboxylic acid groups (broad SMARTS) is 1. The first-order valence-electron chi connectivity index (χ1n) is 6.73. The van der Waals surface area contributed by atoms with Crippen molar-refractivity contribution in [1.82, 2.24) is 14.3 Å². The Balaban J connectivity index is 2.32. The zero-order valence-corrected chi connectivity index (χ0v) is 14.2. The highest BCUT2D eigenvalue weighted by Gasteiger charge is 2.21. The molecule has 118 valence electrons. The highest BCUT2D eigenvalue weighted by atomic mass is 79.9. The van der Waals surface area contributed by atoms with Crippen LogP contribution in [0.1, 0.15) is 31.4 Å². The first kappa shape index (κ1) is 16.8. The second-order valence-corrected chi connectivity index (χ2v) is 6.01. The summed E-state index contributed by atoms with van der Waals surface area (Å²) in [5.41, 5.74) is 0.546. The molecule has 0 amide bonds. The normalized spacial score (nSPS) is 12.3. The lowest BCUT2D eigenvalue weighted by Gasteiger charge is -2.13. The summed E-state index contributed by atoms with van der Waals surface area (Å²) in [6.45, 7) is 2.13. The predicted octanol–water partition coefficient (Wildman–Crippen LogP) is 2.93. The molecule has 0 aliphatic heterocycles. The first-order chi connectivity index (χ1) is 10.4. The molecule has 0 aliphatic carbocycles. The second kappa shape index (κ2) is 7.11. The number of hydrogen-bond acceptors (Lipinski definition) is 3. The lowest BCUT2D eigenvalue weighted by atomic mass is 10.1. The van der Waals surface area contributed by atoms with Crippen LogP contribution in [0.15, 0.2) is 33.8 Å². The summed E-state index contributed by atoms with van der Waals surface area (Å²) in [4.78, 5) is 23.4. The van der Waals surface area contributed by atoms with Crippen LogP contribution in [0.25, 0.3) is 0 Å². The van der Waals surface area contributed by atoms with Crippen LogP contribution in [0, 0.1) is 0 Å². The number of carbonyl (C=O) groups is 1. The molecule has 1 heterocycles. The second-order valence-electron chi connectivity index (χ2n) is 4.87. The van der Waals surface area contributed by atoms with Crippen molar-refractivity contribution >= 4 is 33.5 Å². The molecular weight excluding hydrogens is 374 g/mol. The number of aromatic nitrogens is 3. The molecule has 1 aromatic heterocycles. The van der Waals surface area contributed by atoms with E-state index in [0.29, 0.717) is 22.7 Å². The smallest absolute Gasteiger partial charge is 0.347 e. The van der Waals surface area contributed by atoms with Gasteiger partial charge in [0.1, 0.15) is 0 Å². The number of aliphatic carboxylic acids is 1. The minimum atomic E-state index is -0.948. The van der Waals surface area contributed by atoms with Gasteiger partial charge in [-0.05, 0) is 40.0 Å². The third-order valence-electron chi connectivity index (χ3n) is 3.32. The fourth-order valence-electron chi connectivity index (χ4n) is 2.19. The summed E-state index contributed by atoms with van der Waals surface area (Å²) in [5.74, 6) is -0.948. The van der Waals surface area contributed by atoms with Crippen LogP contribution >= 0.6 is 27.5 Å². The number of halogens is 2. The lowest BCUT2D eigenvalue weighted by molar-refractivity contribution is -0.138. The SMILES string of the molecule is CCC(CC(=O)O)n1c(Br)nn(Cc2ccc(Cl)cc2)c1=O. The Labute approximate surface area is 140 Å². The molecule has 1 aromatic carbocycles.